The van der Waals surface area contributed by atoms with Crippen LogP contribution in [0.1, 0.15) is 45.4 Å². The number of fused-ring (bicyclic) bond motifs is 2. The standard InChI is InChI=1S/C17H24ClFN2/c1-2-8-20-13-10-14-4-3-5-15(11-13)21(14)17-7-6-12(19)9-16(17)18/h6-7,9,13-15,20H,2-5,8,10-11H2,1H3. The number of hydrogen-bond acceptors (Lipinski definition) is 2. The molecule has 0 radical (unpaired) electrons. The fourth-order valence-electron chi connectivity index (χ4n) is 3.98. The molecular weight excluding hydrogens is 287 g/mol. The van der Waals surface area contributed by atoms with Crippen molar-refractivity contribution in [2.75, 3.05) is 11.4 Å². The Labute approximate surface area is 131 Å². The van der Waals surface area contributed by atoms with Crippen molar-refractivity contribution in [1.82, 2.24) is 5.32 Å². The van der Waals surface area contributed by atoms with E-state index in [4.69, 9.17) is 11.6 Å². The molecular formula is C17H24ClFN2. The van der Waals surface area contributed by atoms with E-state index in [1.54, 1.807) is 0 Å². The molecule has 0 aromatic heterocycles. The minimum absolute atomic E-state index is 0.256. The van der Waals surface area contributed by atoms with Crippen LogP contribution in [0.5, 0.6) is 0 Å². The Morgan fingerprint density at radius 3 is 2.62 bits per heavy atom. The third-order valence-corrected chi connectivity index (χ3v) is 5.15. The van der Waals surface area contributed by atoms with Gasteiger partial charge in [0.15, 0.2) is 0 Å². The Morgan fingerprint density at radius 1 is 1.29 bits per heavy atom. The van der Waals surface area contributed by atoms with Gasteiger partial charge in [0.1, 0.15) is 5.82 Å². The van der Waals surface area contributed by atoms with Gasteiger partial charge in [-0.25, -0.2) is 4.39 Å². The zero-order chi connectivity index (χ0) is 14.8. The van der Waals surface area contributed by atoms with Crippen molar-refractivity contribution >= 4 is 17.3 Å². The molecule has 4 heteroatoms. The lowest BCUT2D eigenvalue weighted by molar-refractivity contribution is 0.246. The van der Waals surface area contributed by atoms with Crippen molar-refractivity contribution in [2.24, 2.45) is 0 Å². The first-order chi connectivity index (χ1) is 10.2. The van der Waals surface area contributed by atoms with Crippen LogP contribution in [0, 0.1) is 5.82 Å². The molecule has 2 atom stereocenters. The van der Waals surface area contributed by atoms with Gasteiger partial charge in [-0.05, 0) is 63.3 Å². The first-order valence-corrected chi connectivity index (χ1v) is 8.53. The lowest BCUT2D eigenvalue weighted by Crippen LogP contribution is -2.56. The summed E-state index contributed by atoms with van der Waals surface area (Å²) in [5, 5.41) is 4.22. The maximum atomic E-state index is 13.3. The summed E-state index contributed by atoms with van der Waals surface area (Å²) in [6.07, 6.45) is 7.25. The van der Waals surface area contributed by atoms with Gasteiger partial charge >= 0.3 is 0 Å². The molecule has 2 fully saturated rings. The minimum Gasteiger partial charge on any atom is -0.364 e. The molecule has 3 rings (SSSR count). The maximum Gasteiger partial charge on any atom is 0.124 e. The van der Waals surface area contributed by atoms with E-state index in [9.17, 15) is 4.39 Å². The van der Waals surface area contributed by atoms with Crippen LogP contribution in [-0.2, 0) is 0 Å². The summed E-state index contributed by atoms with van der Waals surface area (Å²) >= 11 is 6.30. The number of benzene rings is 1. The van der Waals surface area contributed by atoms with Gasteiger partial charge in [0.05, 0.1) is 10.7 Å². The van der Waals surface area contributed by atoms with E-state index in [0.717, 1.165) is 12.2 Å². The number of rotatable bonds is 4. The summed E-state index contributed by atoms with van der Waals surface area (Å²) in [6.45, 7) is 3.31. The van der Waals surface area contributed by atoms with E-state index in [1.165, 1.54) is 50.7 Å². The van der Waals surface area contributed by atoms with Gasteiger partial charge in [0.25, 0.3) is 0 Å². The monoisotopic (exact) mass is 310 g/mol. The third-order valence-electron chi connectivity index (χ3n) is 4.85. The first kappa shape index (κ1) is 15.1. The van der Waals surface area contributed by atoms with E-state index in [0.29, 0.717) is 23.1 Å². The van der Waals surface area contributed by atoms with Gasteiger partial charge in [-0.3, -0.25) is 0 Å². The molecule has 2 unspecified atom stereocenters. The molecule has 21 heavy (non-hydrogen) atoms. The van der Waals surface area contributed by atoms with Crippen molar-refractivity contribution < 1.29 is 4.39 Å². The van der Waals surface area contributed by atoms with Crippen molar-refractivity contribution in [2.45, 2.75) is 63.6 Å². The Balaban J connectivity index is 1.80. The fraction of sp³-hybridized carbons (Fsp3) is 0.647. The van der Waals surface area contributed by atoms with Crippen LogP contribution in [-0.4, -0.2) is 24.7 Å². The van der Waals surface area contributed by atoms with E-state index in [1.807, 2.05) is 6.07 Å². The van der Waals surface area contributed by atoms with Gasteiger partial charge < -0.3 is 10.2 Å². The summed E-state index contributed by atoms with van der Waals surface area (Å²) in [7, 11) is 0. The summed E-state index contributed by atoms with van der Waals surface area (Å²) in [5.41, 5.74) is 1.02. The average molecular weight is 311 g/mol. The summed E-state index contributed by atoms with van der Waals surface area (Å²) < 4.78 is 13.3. The molecule has 2 bridgehead atoms. The SMILES string of the molecule is CCCNC1CC2CCCC(C1)N2c1ccc(F)cc1Cl. The van der Waals surface area contributed by atoms with Gasteiger partial charge in [0.2, 0.25) is 0 Å². The molecule has 0 aliphatic carbocycles. The smallest absolute Gasteiger partial charge is 0.124 e. The Morgan fingerprint density at radius 2 is 2.00 bits per heavy atom. The lowest BCUT2D eigenvalue weighted by Gasteiger charge is -2.50. The highest BCUT2D eigenvalue weighted by Gasteiger charge is 2.38. The number of halogens is 2. The zero-order valence-electron chi connectivity index (χ0n) is 12.6. The molecule has 1 N–H and O–H groups in total. The second-order valence-electron chi connectivity index (χ2n) is 6.36. The molecule has 116 valence electrons. The highest BCUT2D eigenvalue weighted by molar-refractivity contribution is 6.33. The van der Waals surface area contributed by atoms with Gasteiger partial charge in [-0.1, -0.05) is 18.5 Å². The van der Waals surface area contributed by atoms with Crippen LogP contribution in [0.4, 0.5) is 10.1 Å². The second-order valence-corrected chi connectivity index (χ2v) is 6.77. The molecule has 2 aliphatic heterocycles. The van der Waals surface area contributed by atoms with E-state index in [-0.39, 0.29) is 5.82 Å². The summed E-state index contributed by atoms with van der Waals surface area (Å²) in [4.78, 5) is 2.47. The van der Waals surface area contributed by atoms with Gasteiger partial charge in [0, 0.05) is 18.1 Å². The van der Waals surface area contributed by atoms with Crippen LogP contribution in [0.25, 0.3) is 0 Å². The number of nitrogens with zero attached hydrogens (tertiary/aromatic N) is 1. The van der Waals surface area contributed by atoms with Crippen molar-refractivity contribution in [1.29, 1.82) is 0 Å². The predicted molar refractivity (Wildman–Crippen MR) is 86.6 cm³/mol. The van der Waals surface area contributed by atoms with Gasteiger partial charge in [-0.2, -0.15) is 0 Å². The van der Waals surface area contributed by atoms with Crippen LogP contribution in [0.2, 0.25) is 5.02 Å². The molecule has 2 nitrogen and oxygen atoms in total. The first-order valence-electron chi connectivity index (χ1n) is 8.15. The van der Waals surface area contributed by atoms with E-state index < -0.39 is 0 Å². The molecule has 0 saturated carbocycles. The lowest BCUT2D eigenvalue weighted by atomic mass is 9.81. The Kier molecular flexibility index (Phi) is 4.70. The Hall–Kier alpha value is -0.800. The van der Waals surface area contributed by atoms with Gasteiger partial charge in [-0.15, -0.1) is 0 Å². The largest absolute Gasteiger partial charge is 0.364 e. The highest BCUT2D eigenvalue weighted by atomic mass is 35.5. The molecule has 2 aliphatic rings. The third kappa shape index (κ3) is 3.19. The molecule has 1 aromatic rings. The number of piperidine rings is 2. The normalized spacial score (nSPS) is 28.7. The molecule has 2 heterocycles. The minimum atomic E-state index is -0.256. The quantitative estimate of drug-likeness (QED) is 0.888. The number of hydrogen-bond donors (Lipinski definition) is 1. The molecule has 0 amide bonds. The topological polar surface area (TPSA) is 15.3 Å². The van der Waals surface area contributed by atoms with Crippen LogP contribution in [0.15, 0.2) is 18.2 Å². The van der Waals surface area contributed by atoms with E-state index in [2.05, 4.69) is 17.1 Å². The number of anilines is 1. The predicted octanol–water partition coefficient (Wildman–Crippen LogP) is 4.37. The van der Waals surface area contributed by atoms with Crippen molar-refractivity contribution in [3.63, 3.8) is 0 Å². The molecule has 0 spiro atoms. The molecule has 1 aromatic carbocycles. The highest BCUT2D eigenvalue weighted by Crippen LogP contribution is 2.40. The maximum absolute atomic E-state index is 13.3. The van der Waals surface area contributed by atoms with Crippen LogP contribution >= 0.6 is 11.6 Å². The number of nitrogens with one attached hydrogen (secondary N) is 1. The molecule has 2 saturated heterocycles. The Bertz CT molecular complexity index is 480. The van der Waals surface area contributed by atoms with Crippen LogP contribution in [0.3, 0.4) is 0 Å². The van der Waals surface area contributed by atoms with Crippen molar-refractivity contribution in [3.8, 4) is 0 Å². The van der Waals surface area contributed by atoms with Crippen LogP contribution < -0.4 is 10.2 Å². The summed E-state index contributed by atoms with van der Waals surface area (Å²) in [6, 6.07) is 6.51. The van der Waals surface area contributed by atoms with Crippen molar-refractivity contribution in [3.05, 3.63) is 29.0 Å². The second kappa shape index (κ2) is 6.53. The summed E-state index contributed by atoms with van der Waals surface area (Å²) in [5.74, 6) is -0.256. The van der Waals surface area contributed by atoms with E-state index >= 15 is 0 Å². The fourth-order valence-corrected chi connectivity index (χ4v) is 4.25. The average Bonchev–Trinajstić information content (AvgIpc) is 2.44. The zero-order valence-corrected chi connectivity index (χ0v) is 13.4.